The predicted octanol–water partition coefficient (Wildman–Crippen LogP) is 2.45. The summed E-state index contributed by atoms with van der Waals surface area (Å²) in [4.78, 5) is 22.4. The van der Waals surface area contributed by atoms with Crippen molar-refractivity contribution >= 4 is 17.7 Å². The van der Waals surface area contributed by atoms with E-state index in [1.54, 1.807) is 0 Å². The highest BCUT2D eigenvalue weighted by atomic mass is 19.1. The Kier molecular flexibility index (Phi) is 5.78. The Balaban J connectivity index is 2.42. The number of aliphatic carboxylic acids is 1. The third-order valence-electron chi connectivity index (χ3n) is 2.60. The van der Waals surface area contributed by atoms with Crippen LogP contribution in [0.25, 0.3) is 0 Å². The fourth-order valence-electron chi connectivity index (χ4n) is 1.59. The van der Waals surface area contributed by atoms with Gasteiger partial charge in [0.2, 0.25) is 0 Å². The highest BCUT2D eigenvalue weighted by molar-refractivity contribution is 5.89. The number of carboxylic acids is 1. The fraction of sp³-hybridized carbons (Fsp3) is 0.385. The van der Waals surface area contributed by atoms with Crippen LogP contribution in [-0.2, 0) is 4.79 Å². The third kappa shape index (κ3) is 5.37. The molecule has 6 heteroatoms. The fourth-order valence-corrected chi connectivity index (χ4v) is 1.59. The van der Waals surface area contributed by atoms with Crippen LogP contribution < -0.4 is 10.6 Å². The Hall–Kier alpha value is -2.11. The summed E-state index contributed by atoms with van der Waals surface area (Å²) < 4.78 is 12.7. The maximum atomic E-state index is 12.7. The van der Waals surface area contributed by atoms with Gasteiger partial charge in [-0.1, -0.05) is 13.3 Å². The number of anilines is 1. The number of benzene rings is 1. The molecular formula is C13H17FN2O3. The van der Waals surface area contributed by atoms with E-state index in [0.717, 1.165) is 6.42 Å². The molecule has 0 aromatic heterocycles. The maximum absolute atomic E-state index is 12.7. The van der Waals surface area contributed by atoms with Crippen molar-refractivity contribution in [3.63, 3.8) is 0 Å². The number of hydrogen-bond acceptors (Lipinski definition) is 2. The molecule has 1 atom stereocenters. The number of rotatable bonds is 6. The lowest BCUT2D eigenvalue weighted by molar-refractivity contribution is -0.141. The molecule has 1 aromatic carbocycles. The zero-order chi connectivity index (χ0) is 14.3. The first kappa shape index (κ1) is 14.9. The molecule has 0 aliphatic heterocycles. The topological polar surface area (TPSA) is 78.4 Å². The summed E-state index contributed by atoms with van der Waals surface area (Å²) >= 11 is 0. The Morgan fingerprint density at radius 1 is 1.32 bits per heavy atom. The lowest BCUT2D eigenvalue weighted by atomic mass is 10.0. The summed E-state index contributed by atoms with van der Waals surface area (Å²) in [5.74, 6) is -1.91. The smallest absolute Gasteiger partial charge is 0.319 e. The minimum atomic E-state index is -0.927. The van der Waals surface area contributed by atoms with Gasteiger partial charge in [-0.25, -0.2) is 9.18 Å². The first-order chi connectivity index (χ1) is 9.02. The largest absolute Gasteiger partial charge is 0.481 e. The number of carbonyl (C=O) groups excluding carboxylic acids is 1. The summed E-state index contributed by atoms with van der Waals surface area (Å²) in [7, 11) is 0. The predicted molar refractivity (Wildman–Crippen MR) is 69.5 cm³/mol. The molecule has 0 saturated heterocycles. The minimum Gasteiger partial charge on any atom is -0.481 e. The van der Waals surface area contributed by atoms with Gasteiger partial charge in [-0.05, 0) is 30.7 Å². The van der Waals surface area contributed by atoms with Crippen molar-refractivity contribution in [1.29, 1.82) is 0 Å². The first-order valence-corrected chi connectivity index (χ1v) is 6.06. The van der Waals surface area contributed by atoms with Crippen molar-refractivity contribution < 1.29 is 19.1 Å². The Labute approximate surface area is 110 Å². The molecule has 1 rings (SSSR count). The first-order valence-electron chi connectivity index (χ1n) is 6.06. The summed E-state index contributed by atoms with van der Waals surface area (Å²) in [6.07, 6.45) is 1.24. The number of hydrogen-bond donors (Lipinski definition) is 3. The summed E-state index contributed by atoms with van der Waals surface area (Å²) in [5, 5.41) is 13.9. The van der Waals surface area contributed by atoms with Crippen LogP contribution in [0.1, 0.15) is 19.8 Å². The average Bonchev–Trinajstić information content (AvgIpc) is 2.37. The molecule has 19 heavy (non-hydrogen) atoms. The van der Waals surface area contributed by atoms with Crippen LogP contribution in [-0.4, -0.2) is 23.7 Å². The number of carboxylic acid groups (broad SMARTS) is 1. The van der Waals surface area contributed by atoms with Gasteiger partial charge < -0.3 is 15.7 Å². The Morgan fingerprint density at radius 2 is 1.95 bits per heavy atom. The zero-order valence-electron chi connectivity index (χ0n) is 10.6. The minimum absolute atomic E-state index is 0.0657. The van der Waals surface area contributed by atoms with E-state index in [0.29, 0.717) is 12.1 Å². The number of carbonyl (C=O) groups is 2. The molecule has 104 valence electrons. The summed E-state index contributed by atoms with van der Waals surface area (Å²) in [6, 6.07) is 4.80. The van der Waals surface area contributed by atoms with E-state index in [9.17, 15) is 14.0 Å². The van der Waals surface area contributed by atoms with E-state index in [-0.39, 0.29) is 12.4 Å². The zero-order valence-corrected chi connectivity index (χ0v) is 10.6. The van der Waals surface area contributed by atoms with Crippen molar-refractivity contribution in [3.8, 4) is 0 Å². The van der Waals surface area contributed by atoms with Gasteiger partial charge in [-0.2, -0.15) is 0 Å². The highest BCUT2D eigenvalue weighted by Crippen LogP contribution is 2.08. The monoisotopic (exact) mass is 268 g/mol. The van der Waals surface area contributed by atoms with E-state index in [1.165, 1.54) is 24.3 Å². The van der Waals surface area contributed by atoms with Crippen molar-refractivity contribution in [2.24, 2.45) is 5.92 Å². The molecule has 1 unspecified atom stereocenters. The molecule has 0 aliphatic carbocycles. The number of nitrogens with one attached hydrogen (secondary N) is 2. The molecule has 2 amide bonds. The Bertz CT molecular complexity index is 434. The van der Waals surface area contributed by atoms with Crippen LogP contribution in [0.5, 0.6) is 0 Å². The van der Waals surface area contributed by atoms with Crippen molar-refractivity contribution in [2.75, 3.05) is 11.9 Å². The number of amides is 2. The molecule has 0 radical (unpaired) electrons. The maximum Gasteiger partial charge on any atom is 0.319 e. The molecule has 3 N–H and O–H groups in total. The summed E-state index contributed by atoms with van der Waals surface area (Å²) in [5.41, 5.74) is 0.446. The van der Waals surface area contributed by atoms with Gasteiger partial charge in [-0.15, -0.1) is 0 Å². The average molecular weight is 268 g/mol. The van der Waals surface area contributed by atoms with Gasteiger partial charge >= 0.3 is 12.0 Å². The second kappa shape index (κ2) is 7.35. The van der Waals surface area contributed by atoms with Crippen LogP contribution in [0.4, 0.5) is 14.9 Å². The van der Waals surface area contributed by atoms with Gasteiger partial charge in [0.25, 0.3) is 0 Å². The van der Waals surface area contributed by atoms with Crippen molar-refractivity contribution in [1.82, 2.24) is 5.32 Å². The van der Waals surface area contributed by atoms with Gasteiger partial charge in [0.1, 0.15) is 5.82 Å². The highest BCUT2D eigenvalue weighted by Gasteiger charge is 2.17. The molecule has 5 nitrogen and oxygen atoms in total. The van der Waals surface area contributed by atoms with E-state index in [2.05, 4.69) is 10.6 Å². The van der Waals surface area contributed by atoms with E-state index >= 15 is 0 Å². The lowest BCUT2D eigenvalue weighted by Gasteiger charge is -2.13. The lowest BCUT2D eigenvalue weighted by Crippen LogP contribution is -2.35. The molecule has 1 aromatic rings. The van der Waals surface area contributed by atoms with E-state index in [1.807, 2.05) is 6.92 Å². The molecule has 0 heterocycles. The van der Waals surface area contributed by atoms with Crippen LogP contribution >= 0.6 is 0 Å². The van der Waals surface area contributed by atoms with Gasteiger partial charge in [0.15, 0.2) is 0 Å². The molecule has 0 fully saturated rings. The van der Waals surface area contributed by atoms with Crippen molar-refractivity contribution in [2.45, 2.75) is 19.8 Å². The van der Waals surface area contributed by atoms with Crippen LogP contribution in [0.15, 0.2) is 24.3 Å². The molecule has 0 bridgehead atoms. The van der Waals surface area contributed by atoms with Crippen LogP contribution in [0.2, 0.25) is 0 Å². The third-order valence-corrected chi connectivity index (χ3v) is 2.60. The quantitative estimate of drug-likeness (QED) is 0.741. The van der Waals surface area contributed by atoms with E-state index < -0.39 is 17.9 Å². The van der Waals surface area contributed by atoms with Crippen LogP contribution in [0.3, 0.4) is 0 Å². The van der Waals surface area contributed by atoms with Crippen LogP contribution in [0, 0.1) is 11.7 Å². The SMILES string of the molecule is CCCC(CNC(=O)Nc1ccc(F)cc1)C(=O)O. The summed E-state index contributed by atoms with van der Waals surface area (Å²) in [6.45, 7) is 1.95. The standard InChI is InChI=1S/C13H17FN2O3/c1-2-3-9(12(17)18)8-15-13(19)16-11-6-4-10(14)5-7-11/h4-7,9H,2-3,8H2,1H3,(H,17,18)(H2,15,16,19). The van der Waals surface area contributed by atoms with Gasteiger partial charge in [0.05, 0.1) is 5.92 Å². The number of halogens is 1. The second-order valence-electron chi connectivity index (χ2n) is 4.17. The number of urea groups is 1. The molecule has 0 spiro atoms. The van der Waals surface area contributed by atoms with Gasteiger partial charge in [0, 0.05) is 12.2 Å². The molecule has 0 aliphatic rings. The van der Waals surface area contributed by atoms with Crippen molar-refractivity contribution in [3.05, 3.63) is 30.1 Å². The second-order valence-corrected chi connectivity index (χ2v) is 4.17. The van der Waals surface area contributed by atoms with Gasteiger partial charge in [-0.3, -0.25) is 4.79 Å². The Morgan fingerprint density at radius 3 is 2.47 bits per heavy atom. The molecule has 0 saturated carbocycles. The molecular weight excluding hydrogens is 251 g/mol. The normalized spacial score (nSPS) is 11.7. The van der Waals surface area contributed by atoms with E-state index in [4.69, 9.17) is 5.11 Å².